The van der Waals surface area contributed by atoms with Crippen molar-refractivity contribution in [2.24, 2.45) is 5.73 Å². The fourth-order valence-corrected chi connectivity index (χ4v) is 1.97. The van der Waals surface area contributed by atoms with Gasteiger partial charge in [0, 0.05) is 18.3 Å². The summed E-state index contributed by atoms with van der Waals surface area (Å²) in [6.07, 6.45) is 3.05. The first-order valence-corrected chi connectivity index (χ1v) is 6.67. The van der Waals surface area contributed by atoms with Crippen LogP contribution in [0, 0.1) is 0 Å². The molecule has 0 saturated heterocycles. The quantitative estimate of drug-likeness (QED) is 0.821. The van der Waals surface area contributed by atoms with Crippen LogP contribution in [0.25, 0.3) is 0 Å². The van der Waals surface area contributed by atoms with Crippen LogP contribution in [0.5, 0.6) is 5.75 Å². The Morgan fingerprint density at radius 3 is 2.95 bits per heavy atom. The smallest absolute Gasteiger partial charge is 0.255 e. The van der Waals surface area contributed by atoms with Crippen LogP contribution in [0.15, 0.2) is 42.7 Å². The van der Waals surface area contributed by atoms with E-state index in [1.165, 1.54) is 13.3 Å². The summed E-state index contributed by atoms with van der Waals surface area (Å²) in [6.45, 7) is 0.376. The molecule has 2 aromatic rings. The molecule has 0 saturated carbocycles. The maximum Gasteiger partial charge on any atom is 0.255 e. The van der Waals surface area contributed by atoms with E-state index in [9.17, 15) is 4.79 Å². The molecule has 1 amide bonds. The van der Waals surface area contributed by atoms with Crippen molar-refractivity contribution in [1.82, 2.24) is 10.3 Å². The summed E-state index contributed by atoms with van der Waals surface area (Å²) in [4.78, 5) is 16.4. The monoisotopic (exact) mass is 301 g/mol. The fraction of sp³-hybridized carbons (Fsp3) is 0.133. The lowest BCUT2D eigenvalue weighted by molar-refractivity contribution is 0.0947. The number of nitrogens with zero attached hydrogens (tertiary/aromatic N) is 1. The van der Waals surface area contributed by atoms with E-state index in [0.717, 1.165) is 11.1 Å². The minimum atomic E-state index is -0.227. The Bertz CT molecular complexity index is 673. The van der Waals surface area contributed by atoms with Gasteiger partial charge in [0.25, 0.3) is 5.91 Å². The number of nitrogens with one attached hydrogen (secondary N) is 1. The third-order valence-corrected chi connectivity index (χ3v) is 3.15. The first-order valence-electron chi connectivity index (χ1n) is 6.26. The van der Waals surface area contributed by atoms with Crippen LogP contribution in [-0.2, 0) is 6.54 Å². The number of hydrogen-bond acceptors (Lipinski definition) is 4. The van der Waals surface area contributed by atoms with Crippen molar-refractivity contribution >= 4 is 23.1 Å². The number of rotatable bonds is 5. The van der Waals surface area contributed by atoms with Crippen LogP contribution >= 0.6 is 12.2 Å². The number of methoxy groups -OCH3 is 1. The number of aromatic nitrogens is 1. The van der Waals surface area contributed by atoms with E-state index in [-0.39, 0.29) is 5.91 Å². The van der Waals surface area contributed by atoms with Gasteiger partial charge in [0.1, 0.15) is 10.7 Å². The van der Waals surface area contributed by atoms with Crippen LogP contribution in [0.2, 0.25) is 0 Å². The maximum absolute atomic E-state index is 12.1. The lowest BCUT2D eigenvalue weighted by Crippen LogP contribution is -2.23. The van der Waals surface area contributed by atoms with E-state index >= 15 is 0 Å². The molecule has 6 heteroatoms. The predicted octanol–water partition coefficient (Wildman–Crippen LogP) is 1.65. The van der Waals surface area contributed by atoms with Crippen LogP contribution in [0.4, 0.5) is 0 Å². The van der Waals surface area contributed by atoms with E-state index in [1.807, 2.05) is 24.3 Å². The van der Waals surface area contributed by atoms with Gasteiger partial charge in [0.2, 0.25) is 0 Å². The van der Waals surface area contributed by atoms with Crippen molar-refractivity contribution in [3.8, 4) is 5.75 Å². The number of amides is 1. The molecule has 0 aliphatic heterocycles. The first kappa shape index (κ1) is 14.9. The van der Waals surface area contributed by atoms with Crippen molar-refractivity contribution in [2.45, 2.75) is 6.54 Å². The fourth-order valence-electron chi connectivity index (χ4n) is 1.84. The molecule has 0 radical (unpaired) electrons. The molecule has 108 valence electrons. The molecule has 0 unspecified atom stereocenters. The van der Waals surface area contributed by atoms with Gasteiger partial charge in [-0.2, -0.15) is 0 Å². The lowest BCUT2D eigenvalue weighted by Gasteiger charge is -2.09. The summed E-state index contributed by atoms with van der Waals surface area (Å²) < 4.78 is 5.11. The van der Waals surface area contributed by atoms with Crippen LogP contribution < -0.4 is 15.8 Å². The van der Waals surface area contributed by atoms with E-state index in [2.05, 4.69) is 10.3 Å². The van der Waals surface area contributed by atoms with Crippen LogP contribution in [0.1, 0.15) is 21.5 Å². The molecule has 21 heavy (non-hydrogen) atoms. The highest BCUT2D eigenvalue weighted by atomic mass is 32.1. The molecule has 0 fully saturated rings. The minimum Gasteiger partial charge on any atom is -0.494 e. The van der Waals surface area contributed by atoms with Gasteiger partial charge in [-0.25, -0.2) is 0 Å². The van der Waals surface area contributed by atoms with E-state index in [4.69, 9.17) is 22.7 Å². The minimum absolute atomic E-state index is 0.227. The van der Waals surface area contributed by atoms with Gasteiger partial charge in [-0.05, 0) is 17.7 Å². The average Bonchev–Trinajstić information content (AvgIpc) is 2.52. The second-order valence-electron chi connectivity index (χ2n) is 4.32. The Kier molecular flexibility index (Phi) is 4.84. The Hall–Kier alpha value is -2.47. The van der Waals surface area contributed by atoms with E-state index in [0.29, 0.717) is 22.8 Å². The van der Waals surface area contributed by atoms with E-state index < -0.39 is 0 Å². The van der Waals surface area contributed by atoms with Gasteiger partial charge < -0.3 is 15.8 Å². The van der Waals surface area contributed by atoms with Crippen molar-refractivity contribution < 1.29 is 9.53 Å². The molecule has 3 N–H and O–H groups in total. The molecular formula is C15H15N3O2S. The van der Waals surface area contributed by atoms with Crippen LogP contribution in [0.3, 0.4) is 0 Å². The molecule has 0 aliphatic rings. The third kappa shape index (κ3) is 3.76. The third-order valence-electron chi connectivity index (χ3n) is 2.91. The highest BCUT2D eigenvalue weighted by Gasteiger charge is 2.11. The van der Waals surface area contributed by atoms with E-state index in [1.54, 1.807) is 12.3 Å². The van der Waals surface area contributed by atoms with Gasteiger partial charge in [0.05, 0.1) is 18.9 Å². The summed E-state index contributed by atoms with van der Waals surface area (Å²) in [6, 6.07) is 9.04. The van der Waals surface area contributed by atoms with Crippen LogP contribution in [-0.4, -0.2) is 23.0 Å². The second kappa shape index (κ2) is 6.81. The summed E-state index contributed by atoms with van der Waals surface area (Å²) in [7, 11) is 1.50. The zero-order valence-electron chi connectivity index (χ0n) is 11.5. The van der Waals surface area contributed by atoms with Gasteiger partial charge in [-0.1, -0.05) is 30.4 Å². The predicted molar refractivity (Wildman–Crippen MR) is 84.3 cm³/mol. The van der Waals surface area contributed by atoms with Crippen molar-refractivity contribution in [1.29, 1.82) is 0 Å². The lowest BCUT2D eigenvalue weighted by atomic mass is 10.1. The number of carbonyl (C=O) groups excluding carboxylic acids is 1. The Balaban J connectivity index is 2.07. The second-order valence-corrected chi connectivity index (χ2v) is 4.76. The molecule has 1 heterocycles. The standard InChI is InChI=1S/C15H15N3O2S/c1-20-13-9-17-6-5-12(13)15(19)18-8-10-3-2-4-11(7-10)14(16)21/h2-7,9H,8H2,1H3,(H2,16,21)(H,18,19). The topological polar surface area (TPSA) is 77.2 Å². The SMILES string of the molecule is COc1cnccc1C(=O)NCc1cccc(C(N)=S)c1. The zero-order valence-corrected chi connectivity index (χ0v) is 12.3. The number of hydrogen-bond donors (Lipinski definition) is 2. The molecular weight excluding hydrogens is 286 g/mol. The number of nitrogens with two attached hydrogens (primary N) is 1. The molecule has 0 bridgehead atoms. The Morgan fingerprint density at radius 1 is 1.43 bits per heavy atom. The zero-order chi connectivity index (χ0) is 15.2. The summed E-state index contributed by atoms with van der Waals surface area (Å²) >= 11 is 4.93. The summed E-state index contributed by atoms with van der Waals surface area (Å²) in [5, 5.41) is 2.83. The van der Waals surface area contributed by atoms with Crippen molar-refractivity contribution in [3.05, 3.63) is 59.4 Å². The molecule has 0 atom stereocenters. The first-order chi connectivity index (χ1) is 10.1. The number of thiocarbonyl (C=S) groups is 1. The Labute approximate surface area is 128 Å². The molecule has 2 rings (SSSR count). The molecule has 5 nitrogen and oxygen atoms in total. The van der Waals surface area contributed by atoms with Gasteiger partial charge >= 0.3 is 0 Å². The van der Waals surface area contributed by atoms with Gasteiger partial charge in [0.15, 0.2) is 0 Å². The van der Waals surface area contributed by atoms with Crippen molar-refractivity contribution in [2.75, 3.05) is 7.11 Å². The molecule has 1 aromatic carbocycles. The Morgan fingerprint density at radius 2 is 2.24 bits per heavy atom. The number of carbonyl (C=O) groups is 1. The number of benzene rings is 1. The largest absolute Gasteiger partial charge is 0.494 e. The van der Waals surface area contributed by atoms with Crippen molar-refractivity contribution in [3.63, 3.8) is 0 Å². The highest BCUT2D eigenvalue weighted by Crippen LogP contribution is 2.15. The molecule has 0 spiro atoms. The highest BCUT2D eigenvalue weighted by molar-refractivity contribution is 7.80. The number of pyridine rings is 1. The number of ether oxygens (including phenoxy) is 1. The summed E-state index contributed by atoms with van der Waals surface area (Å²) in [5.74, 6) is 0.210. The molecule has 1 aromatic heterocycles. The maximum atomic E-state index is 12.1. The molecule has 0 aliphatic carbocycles. The van der Waals surface area contributed by atoms with Gasteiger partial charge in [-0.15, -0.1) is 0 Å². The normalized spacial score (nSPS) is 9.95. The average molecular weight is 301 g/mol. The summed E-state index contributed by atoms with van der Waals surface area (Å²) in [5.41, 5.74) is 7.73. The van der Waals surface area contributed by atoms with Gasteiger partial charge in [-0.3, -0.25) is 9.78 Å².